The highest BCUT2D eigenvalue weighted by Crippen LogP contribution is 2.17. The molecule has 0 aromatic heterocycles. The van der Waals surface area contributed by atoms with Gasteiger partial charge in [0.25, 0.3) is 0 Å². The number of likely N-dealkylation sites (tertiary alicyclic amines) is 1. The van der Waals surface area contributed by atoms with E-state index in [0.717, 1.165) is 4.90 Å². The molecule has 0 unspecified atom stereocenters. The molecule has 0 radical (unpaired) electrons. The zero-order chi connectivity index (χ0) is 15.5. The Balaban J connectivity index is 2.80. The summed E-state index contributed by atoms with van der Waals surface area (Å²) in [7, 11) is 0. The van der Waals surface area contributed by atoms with Gasteiger partial charge in [0.05, 0.1) is 0 Å². The molecule has 1 atom stereocenters. The van der Waals surface area contributed by atoms with Crippen molar-refractivity contribution in [2.75, 3.05) is 6.54 Å². The molecular formula is C12H18N2O6. The van der Waals surface area contributed by atoms with Crippen molar-refractivity contribution >= 4 is 23.8 Å². The molecule has 1 aliphatic rings. The number of nitrogens with zero attached hydrogens (tertiary/aromatic N) is 1. The largest absolute Gasteiger partial charge is 0.480 e. The van der Waals surface area contributed by atoms with E-state index in [9.17, 15) is 19.2 Å². The second-order valence-electron chi connectivity index (χ2n) is 5.23. The van der Waals surface area contributed by atoms with E-state index in [4.69, 9.17) is 10.2 Å². The maximum Gasteiger partial charge on any atom is 0.328 e. The zero-order valence-electron chi connectivity index (χ0n) is 11.4. The number of carbonyl (C=O) groups is 4. The van der Waals surface area contributed by atoms with Crippen LogP contribution in [0, 0.1) is 0 Å². The highest BCUT2D eigenvalue weighted by molar-refractivity contribution is 6.35. The van der Waals surface area contributed by atoms with Crippen LogP contribution in [0.4, 0.5) is 0 Å². The van der Waals surface area contributed by atoms with E-state index in [1.807, 2.05) is 0 Å². The van der Waals surface area contributed by atoms with Crippen LogP contribution in [0.5, 0.6) is 0 Å². The fraction of sp³-hybridized carbons (Fsp3) is 0.667. The summed E-state index contributed by atoms with van der Waals surface area (Å²) in [4.78, 5) is 46.7. The number of hydrogen-bond acceptors (Lipinski definition) is 4. The first-order valence-corrected chi connectivity index (χ1v) is 6.26. The summed E-state index contributed by atoms with van der Waals surface area (Å²) in [5, 5.41) is 20.0. The summed E-state index contributed by atoms with van der Waals surface area (Å²) in [5.74, 6) is -4.56. The number of amides is 2. The predicted molar refractivity (Wildman–Crippen MR) is 66.8 cm³/mol. The lowest BCUT2D eigenvalue weighted by molar-refractivity contribution is -0.158. The van der Waals surface area contributed by atoms with E-state index in [1.165, 1.54) is 13.8 Å². The number of rotatable bonds is 3. The van der Waals surface area contributed by atoms with E-state index in [0.29, 0.717) is 12.8 Å². The fourth-order valence-electron chi connectivity index (χ4n) is 1.95. The Morgan fingerprint density at radius 2 is 1.75 bits per heavy atom. The van der Waals surface area contributed by atoms with Crippen LogP contribution < -0.4 is 5.32 Å². The number of carboxylic acids is 2. The van der Waals surface area contributed by atoms with Crippen LogP contribution in [0.15, 0.2) is 0 Å². The maximum absolute atomic E-state index is 12.0. The molecule has 0 aromatic rings. The van der Waals surface area contributed by atoms with Gasteiger partial charge < -0.3 is 20.4 Å². The van der Waals surface area contributed by atoms with E-state index in [2.05, 4.69) is 5.32 Å². The third-order valence-corrected chi connectivity index (χ3v) is 3.20. The molecule has 20 heavy (non-hydrogen) atoms. The number of carboxylic acid groups (broad SMARTS) is 2. The van der Waals surface area contributed by atoms with Gasteiger partial charge in [-0.2, -0.15) is 0 Å². The van der Waals surface area contributed by atoms with Crippen LogP contribution in [0.2, 0.25) is 0 Å². The average Bonchev–Trinajstić information content (AvgIpc) is 2.37. The van der Waals surface area contributed by atoms with Crippen LogP contribution in [-0.2, 0) is 19.2 Å². The molecule has 0 bridgehead atoms. The summed E-state index contributed by atoms with van der Waals surface area (Å²) in [6.45, 7) is 2.66. The van der Waals surface area contributed by atoms with Gasteiger partial charge in [-0.05, 0) is 33.1 Å². The number of carbonyl (C=O) groups excluding carboxylic acids is 2. The molecule has 3 N–H and O–H groups in total. The lowest BCUT2D eigenvalue weighted by atomic mass is 10.0. The molecule has 2 amide bonds. The molecule has 8 nitrogen and oxygen atoms in total. The molecule has 1 heterocycles. The van der Waals surface area contributed by atoms with Crippen LogP contribution in [0.25, 0.3) is 0 Å². The van der Waals surface area contributed by atoms with Gasteiger partial charge in [-0.1, -0.05) is 0 Å². The SMILES string of the molecule is CC(C)(NC(=O)C(=O)N1CCCC[C@@H]1C(=O)O)C(=O)O. The molecule has 1 saturated heterocycles. The molecule has 0 saturated carbocycles. The Kier molecular flexibility index (Phi) is 4.69. The lowest BCUT2D eigenvalue weighted by Gasteiger charge is -2.33. The number of hydrogen-bond donors (Lipinski definition) is 3. The molecule has 0 spiro atoms. The Morgan fingerprint density at radius 1 is 1.15 bits per heavy atom. The van der Waals surface area contributed by atoms with Crippen molar-refractivity contribution in [1.82, 2.24) is 10.2 Å². The summed E-state index contributed by atoms with van der Waals surface area (Å²) in [5.41, 5.74) is -1.60. The summed E-state index contributed by atoms with van der Waals surface area (Å²) in [6.07, 6.45) is 1.57. The van der Waals surface area contributed by atoms with Gasteiger partial charge in [0.1, 0.15) is 11.6 Å². The molecular weight excluding hydrogens is 268 g/mol. The first-order valence-electron chi connectivity index (χ1n) is 6.26. The Bertz CT molecular complexity index is 445. The maximum atomic E-state index is 12.0. The standard InChI is InChI=1S/C12H18N2O6/c1-12(2,11(19)20)13-8(15)9(16)14-6-4-3-5-7(14)10(17)18/h7H,3-6H2,1-2H3,(H,13,15)(H,17,18)(H,19,20)/t7-/m1/s1. The first-order chi connectivity index (χ1) is 9.16. The van der Waals surface area contributed by atoms with Crippen molar-refractivity contribution in [2.45, 2.75) is 44.7 Å². The third-order valence-electron chi connectivity index (χ3n) is 3.20. The van der Waals surface area contributed by atoms with Gasteiger partial charge in [-0.25, -0.2) is 9.59 Å². The van der Waals surface area contributed by atoms with Gasteiger partial charge in [0.2, 0.25) is 0 Å². The van der Waals surface area contributed by atoms with Gasteiger partial charge in [-0.3, -0.25) is 9.59 Å². The van der Waals surface area contributed by atoms with Crippen LogP contribution in [0.3, 0.4) is 0 Å². The monoisotopic (exact) mass is 286 g/mol. The quantitative estimate of drug-likeness (QED) is 0.597. The van der Waals surface area contributed by atoms with Crippen molar-refractivity contribution in [1.29, 1.82) is 0 Å². The van der Waals surface area contributed by atoms with E-state index < -0.39 is 35.3 Å². The lowest BCUT2D eigenvalue weighted by Crippen LogP contribution is -2.58. The second-order valence-corrected chi connectivity index (χ2v) is 5.23. The van der Waals surface area contributed by atoms with E-state index in [1.54, 1.807) is 0 Å². The van der Waals surface area contributed by atoms with Crippen molar-refractivity contribution in [3.05, 3.63) is 0 Å². The number of nitrogens with one attached hydrogen (secondary N) is 1. The number of piperidine rings is 1. The molecule has 8 heteroatoms. The minimum Gasteiger partial charge on any atom is -0.480 e. The average molecular weight is 286 g/mol. The third kappa shape index (κ3) is 3.46. The van der Waals surface area contributed by atoms with Crippen molar-refractivity contribution in [3.63, 3.8) is 0 Å². The smallest absolute Gasteiger partial charge is 0.328 e. The highest BCUT2D eigenvalue weighted by atomic mass is 16.4. The summed E-state index contributed by atoms with van der Waals surface area (Å²) in [6, 6.07) is -1.03. The molecule has 1 fully saturated rings. The van der Waals surface area contributed by atoms with Crippen LogP contribution in [0.1, 0.15) is 33.1 Å². The highest BCUT2D eigenvalue weighted by Gasteiger charge is 2.38. The van der Waals surface area contributed by atoms with E-state index in [-0.39, 0.29) is 13.0 Å². The Hall–Kier alpha value is -2.12. The topological polar surface area (TPSA) is 124 Å². The molecule has 112 valence electrons. The number of aliphatic carboxylic acids is 2. The molecule has 1 aliphatic heterocycles. The summed E-state index contributed by atoms with van der Waals surface area (Å²) >= 11 is 0. The minimum atomic E-state index is -1.60. The first kappa shape index (κ1) is 15.9. The van der Waals surface area contributed by atoms with Crippen molar-refractivity contribution < 1.29 is 29.4 Å². The zero-order valence-corrected chi connectivity index (χ0v) is 11.4. The molecule has 0 aromatic carbocycles. The van der Waals surface area contributed by atoms with Crippen molar-refractivity contribution in [3.8, 4) is 0 Å². The minimum absolute atomic E-state index is 0.177. The van der Waals surface area contributed by atoms with Gasteiger partial charge in [0, 0.05) is 6.54 Å². The normalized spacial score (nSPS) is 19.3. The predicted octanol–water partition coefficient (Wildman–Crippen LogP) is -0.568. The van der Waals surface area contributed by atoms with Crippen LogP contribution in [-0.4, -0.2) is 57.0 Å². The second kappa shape index (κ2) is 5.89. The molecule has 1 rings (SSSR count). The van der Waals surface area contributed by atoms with E-state index >= 15 is 0 Å². The van der Waals surface area contributed by atoms with Crippen molar-refractivity contribution in [2.24, 2.45) is 0 Å². The summed E-state index contributed by atoms with van der Waals surface area (Å²) < 4.78 is 0. The van der Waals surface area contributed by atoms with Crippen LogP contribution >= 0.6 is 0 Å². The Morgan fingerprint density at radius 3 is 2.25 bits per heavy atom. The van der Waals surface area contributed by atoms with Gasteiger partial charge in [0.15, 0.2) is 0 Å². The van der Waals surface area contributed by atoms with Gasteiger partial charge in [-0.15, -0.1) is 0 Å². The Labute approximate surface area is 115 Å². The fourth-order valence-corrected chi connectivity index (χ4v) is 1.95. The van der Waals surface area contributed by atoms with Gasteiger partial charge >= 0.3 is 23.8 Å². The molecule has 0 aliphatic carbocycles.